The third kappa shape index (κ3) is 7.64. The van der Waals surface area contributed by atoms with E-state index < -0.39 is 6.04 Å². The Labute approximate surface area is 191 Å². The second-order valence-electron chi connectivity index (χ2n) is 6.92. The monoisotopic (exact) mass is 461 g/mol. The number of rotatable bonds is 5. The number of nitrogens with one attached hydrogen (secondary N) is 1. The molecule has 1 unspecified atom stereocenters. The lowest BCUT2D eigenvalue weighted by Crippen LogP contribution is -2.44. The van der Waals surface area contributed by atoms with Gasteiger partial charge in [0.05, 0.1) is 0 Å². The van der Waals surface area contributed by atoms with E-state index in [0.29, 0.717) is 6.54 Å². The maximum Gasteiger partial charge on any atom is 0.241 e. The first kappa shape index (κ1) is 27.4. The maximum absolute atomic E-state index is 12.3. The second-order valence-corrected chi connectivity index (χ2v) is 6.92. The van der Waals surface area contributed by atoms with Gasteiger partial charge in [0.2, 0.25) is 5.91 Å². The average molecular weight is 463 g/mol. The molecule has 1 fully saturated rings. The molecule has 1 aliphatic heterocycles. The van der Waals surface area contributed by atoms with Crippen LogP contribution in [-0.2, 0) is 11.3 Å². The fraction of sp³-hybridized carbons (Fsp3) is 0.400. The van der Waals surface area contributed by atoms with Gasteiger partial charge in [0.15, 0.2) is 0 Å². The van der Waals surface area contributed by atoms with Crippen molar-refractivity contribution in [3.05, 3.63) is 59.3 Å². The number of amides is 1. The van der Waals surface area contributed by atoms with Crippen LogP contribution in [0.3, 0.4) is 0 Å². The number of benzene rings is 1. The molecule has 2 heterocycles. The smallest absolute Gasteiger partial charge is 0.241 e. The minimum absolute atomic E-state index is 0. The molecule has 1 saturated heterocycles. The van der Waals surface area contributed by atoms with E-state index >= 15 is 0 Å². The van der Waals surface area contributed by atoms with Crippen molar-refractivity contribution in [2.45, 2.75) is 19.5 Å². The number of pyridine rings is 1. The van der Waals surface area contributed by atoms with Crippen LogP contribution in [-0.4, -0.2) is 49.0 Å². The summed E-state index contributed by atoms with van der Waals surface area (Å²) in [5.74, 6) is 0.807. The Morgan fingerprint density at radius 2 is 1.69 bits per heavy atom. The number of hydrogen-bond acceptors (Lipinski definition) is 5. The fourth-order valence-electron chi connectivity index (χ4n) is 2.97. The van der Waals surface area contributed by atoms with Crippen molar-refractivity contribution in [3.63, 3.8) is 0 Å². The topological polar surface area (TPSA) is 74.5 Å². The van der Waals surface area contributed by atoms with Gasteiger partial charge < -0.3 is 20.9 Å². The molecule has 3 N–H and O–H groups in total. The van der Waals surface area contributed by atoms with Crippen molar-refractivity contribution in [1.82, 2.24) is 15.2 Å². The van der Waals surface area contributed by atoms with E-state index in [-0.39, 0.29) is 43.1 Å². The van der Waals surface area contributed by atoms with Crippen molar-refractivity contribution in [2.24, 2.45) is 5.73 Å². The lowest BCUT2D eigenvalue weighted by molar-refractivity contribution is -0.122. The number of hydrogen-bond donors (Lipinski definition) is 2. The summed E-state index contributed by atoms with van der Waals surface area (Å²) >= 11 is 0. The lowest BCUT2D eigenvalue weighted by Gasteiger charge is -2.33. The molecule has 3 rings (SSSR count). The van der Waals surface area contributed by atoms with E-state index in [1.54, 1.807) is 0 Å². The third-order valence-electron chi connectivity index (χ3n) is 4.82. The molecule has 1 aliphatic rings. The van der Waals surface area contributed by atoms with E-state index in [2.05, 4.69) is 27.1 Å². The first-order valence-corrected chi connectivity index (χ1v) is 9.01. The average Bonchev–Trinajstić information content (AvgIpc) is 2.67. The summed E-state index contributed by atoms with van der Waals surface area (Å²) in [6.07, 6.45) is 1.82. The number of nitrogens with two attached hydrogens (primary N) is 1. The van der Waals surface area contributed by atoms with E-state index in [1.165, 1.54) is 0 Å². The van der Waals surface area contributed by atoms with Crippen molar-refractivity contribution in [2.75, 3.05) is 38.1 Å². The van der Waals surface area contributed by atoms with Crippen molar-refractivity contribution in [3.8, 4) is 0 Å². The Morgan fingerprint density at radius 1 is 1.07 bits per heavy atom. The lowest BCUT2D eigenvalue weighted by atomic mass is 10.1. The highest BCUT2D eigenvalue weighted by Crippen LogP contribution is 2.14. The van der Waals surface area contributed by atoms with Gasteiger partial charge in [0, 0.05) is 38.9 Å². The first-order valence-electron chi connectivity index (χ1n) is 9.01. The van der Waals surface area contributed by atoms with Gasteiger partial charge >= 0.3 is 0 Å². The van der Waals surface area contributed by atoms with Crippen molar-refractivity contribution >= 4 is 48.9 Å². The molecule has 0 radical (unpaired) electrons. The summed E-state index contributed by atoms with van der Waals surface area (Å²) < 4.78 is 0. The number of carbonyl (C=O) groups excluding carboxylic acids is 1. The summed E-state index contributed by atoms with van der Waals surface area (Å²) in [6, 6.07) is 11.1. The maximum atomic E-state index is 12.3. The molecule has 0 spiro atoms. The number of halogens is 3. The quantitative estimate of drug-likeness (QED) is 0.715. The van der Waals surface area contributed by atoms with Gasteiger partial charge in [-0.1, -0.05) is 35.9 Å². The molecule has 1 aromatic carbocycles. The van der Waals surface area contributed by atoms with Crippen LogP contribution in [0, 0.1) is 6.92 Å². The molecule has 1 atom stereocenters. The zero-order valence-electron chi connectivity index (χ0n) is 16.7. The summed E-state index contributed by atoms with van der Waals surface area (Å²) in [5, 5.41) is 2.89. The van der Waals surface area contributed by atoms with Gasteiger partial charge in [-0.15, -0.1) is 37.2 Å². The third-order valence-corrected chi connectivity index (χ3v) is 4.82. The van der Waals surface area contributed by atoms with Crippen LogP contribution in [0.1, 0.15) is 22.7 Å². The number of piperazine rings is 1. The second kappa shape index (κ2) is 12.9. The molecule has 0 bridgehead atoms. The van der Waals surface area contributed by atoms with Gasteiger partial charge in [-0.05, 0) is 31.2 Å². The van der Waals surface area contributed by atoms with Crippen molar-refractivity contribution < 1.29 is 4.79 Å². The molecule has 1 amide bonds. The SMILES string of the molecule is Cc1ccc(C(N)C(=O)NCc2ccc(N3CCN(C)CC3)nc2)cc1.Cl.Cl.Cl. The van der Waals surface area contributed by atoms with Gasteiger partial charge in [0.25, 0.3) is 0 Å². The standard InChI is InChI=1S/C20H27N5O.3ClH/c1-15-3-6-17(7-4-15)19(21)20(26)23-14-16-5-8-18(22-13-16)25-11-9-24(2)10-12-25;;;/h3-8,13,19H,9-12,14,21H2,1-2H3,(H,23,26);3*1H. The van der Waals surface area contributed by atoms with Crippen LogP contribution < -0.4 is 16.0 Å². The molecule has 0 aliphatic carbocycles. The molecular formula is C20H30Cl3N5O. The number of anilines is 1. The number of nitrogens with zero attached hydrogens (tertiary/aromatic N) is 3. The Bertz CT molecular complexity index is 735. The molecule has 6 nitrogen and oxygen atoms in total. The van der Waals surface area contributed by atoms with Crippen LogP contribution >= 0.6 is 37.2 Å². The molecule has 1 aromatic heterocycles. The van der Waals surface area contributed by atoms with E-state index in [4.69, 9.17) is 5.73 Å². The normalized spacial score (nSPS) is 14.7. The van der Waals surface area contributed by atoms with E-state index in [1.807, 2.05) is 49.5 Å². The zero-order valence-corrected chi connectivity index (χ0v) is 19.2. The number of likely N-dealkylation sites (N-methyl/N-ethyl adjacent to an activating group) is 1. The predicted octanol–water partition coefficient (Wildman–Crippen LogP) is 2.72. The number of aryl methyl sites for hydroxylation is 1. The summed E-state index contributed by atoms with van der Waals surface area (Å²) in [6.45, 7) is 6.52. The van der Waals surface area contributed by atoms with Crippen LogP contribution in [0.5, 0.6) is 0 Å². The number of aromatic nitrogens is 1. The summed E-state index contributed by atoms with van der Waals surface area (Å²) in [5.41, 5.74) is 8.97. The highest BCUT2D eigenvalue weighted by Gasteiger charge is 2.16. The summed E-state index contributed by atoms with van der Waals surface area (Å²) in [7, 11) is 2.14. The Morgan fingerprint density at radius 3 is 2.24 bits per heavy atom. The number of carbonyl (C=O) groups is 1. The highest BCUT2D eigenvalue weighted by molar-refractivity contribution is 5.86. The molecule has 162 valence electrons. The van der Waals surface area contributed by atoms with Crippen LogP contribution in [0.25, 0.3) is 0 Å². The Hall–Kier alpha value is -1.57. The highest BCUT2D eigenvalue weighted by atomic mass is 35.5. The molecular weight excluding hydrogens is 433 g/mol. The molecule has 9 heteroatoms. The molecule has 2 aromatic rings. The van der Waals surface area contributed by atoms with Crippen LogP contribution in [0.2, 0.25) is 0 Å². The predicted molar refractivity (Wildman–Crippen MR) is 126 cm³/mol. The largest absolute Gasteiger partial charge is 0.354 e. The summed E-state index contributed by atoms with van der Waals surface area (Å²) in [4.78, 5) is 21.4. The minimum atomic E-state index is -0.659. The molecule has 29 heavy (non-hydrogen) atoms. The van der Waals surface area contributed by atoms with Crippen molar-refractivity contribution in [1.29, 1.82) is 0 Å². The van der Waals surface area contributed by atoms with Gasteiger partial charge in [-0.25, -0.2) is 4.98 Å². The fourth-order valence-corrected chi connectivity index (χ4v) is 2.97. The van der Waals surface area contributed by atoms with Gasteiger partial charge in [-0.3, -0.25) is 4.79 Å². The minimum Gasteiger partial charge on any atom is -0.354 e. The van der Waals surface area contributed by atoms with Crippen LogP contribution in [0.15, 0.2) is 42.6 Å². The van der Waals surface area contributed by atoms with Gasteiger partial charge in [0.1, 0.15) is 11.9 Å². The zero-order chi connectivity index (χ0) is 18.5. The molecule has 0 saturated carbocycles. The first-order chi connectivity index (χ1) is 12.5. The Balaban J connectivity index is 0.00000261. The van der Waals surface area contributed by atoms with Gasteiger partial charge in [-0.2, -0.15) is 0 Å². The Kier molecular flexibility index (Phi) is 12.2. The van der Waals surface area contributed by atoms with E-state index in [0.717, 1.165) is 48.7 Å². The van der Waals surface area contributed by atoms with Crippen LogP contribution in [0.4, 0.5) is 5.82 Å². The van der Waals surface area contributed by atoms with E-state index in [9.17, 15) is 4.79 Å².